The number of hydrogen-bond donors (Lipinski definition) is 1. The summed E-state index contributed by atoms with van der Waals surface area (Å²) < 4.78 is 2.67. The molecule has 0 atom stereocenters. The fourth-order valence-corrected chi connectivity index (χ4v) is 1.79. The van der Waals surface area contributed by atoms with Crippen molar-refractivity contribution in [2.75, 3.05) is 13.6 Å². The van der Waals surface area contributed by atoms with Crippen molar-refractivity contribution in [2.45, 2.75) is 0 Å². The minimum Gasteiger partial charge on any atom is -0.313 e. The SMILES string of the molecule is CNCC(=O)c1ccc(-n2cc(Br)cn2)cc1. The molecule has 2 aromatic rings. The summed E-state index contributed by atoms with van der Waals surface area (Å²) in [6.07, 6.45) is 3.59. The Labute approximate surface area is 108 Å². The van der Waals surface area contributed by atoms with Crippen LogP contribution >= 0.6 is 15.9 Å². The van der Waals surface area contributed by atoms with Gasteiger partial charge in [-0.15, -0.1) is 0 Å². The lowest BCUT2D eigenvalue weighted by Gasteiger charge is -2.03. The van der Waals surface area contributed by atoms with Crippen molar-refractivity contribution in [1.82, 2.24) is 15.1 Å². The van der Waals surface area contributed by atoms with Gasteiger partial charge in [0, 0.05) is 11.8 Å². The number of hydrogen-bond acceptors (Lipinski definition) is 3. The van der Waals surface area contributed by atoms with E-state index in [2.05, 4.69) is 26.3 Å². The van der Waals surface area contributed by atoms with E-state index in [0.29, 0.717) is 12.1 Å². The maximum Gasteiger partial charge on any atom is 0.176 e. The number of nitrogens with one attached hydrogen (secondary N) is 1. The highest BCUT2D eigenvalue weighted by molar-refractivity contribution is 9.10. The van der Waals surface area contributed by atoms with Gasteiger partial charge in [-0.3, -0.25) is 4.79 Å². The average Bonchev–Trinajstić information content (AvgIpc) is 2.76. The molecule has 0 saturated heterocycles. The minimum absolute atomic E-state index is 0.0840. The van der Waals surface area contributed by atoms with E-state index >= 15 is 0 Å². The van der Waals surface area contributed by atoms with Crippen LogP contribution in [0, 0.1) is 0 Å². The van der Waals surface area contributed by atoms with Crippen LogP contribution in [0.1, 0.15) is 10.4 Å². The van der Waals surface area contributed by atoms with Gasteiger partial charge >= 0.3 is 0 Å². The standard InChI is InChI=1S/C12H12BrN3O/c1-14-7-12(17)9-2-4-11(5-3-9)16-8-10(13)6-15-16/h2-6,8,14H,7H2,1H3. The van der Waals surface area contributed by atoms with E-state index in [9.17, 15) is 4.79 Å². The third-order valence-corrected chi connectivity index (χ3v) is 2.75. The summed E-state index contributed by atoms with van der Waals surface area (Å²) >= 11 is 3.34. The number of likely N-dealkylation sites (N-methyl/N-ethyl adjacent to an activating group) is 1. The first kappa shape index (κ1) is 12.0. The molecule has 0 spiro atoms. The average molecular weight is 294 g/mol. The van der Waals surface area contributed by atoms with E-state index in [1.807, 2.05) is 30.5 Å². The number of nitrogens with zero attached hydrogens (tertiary/aromatic N) is 2. The number of rotatable bonds is 4. The van der Waals surface area contributed by atoms with Gasteiger partial charge in [-0.2, -0.15) is 5.10 Å². The first-order valence-electron chi connectivity index (χ1n) is 5.19. The molecule has 0 bridgehead atoms. The monoisotopic (exact) mass is 293 g/mol. The fourth-order valence-electron chi connectivity index (χ4n) is 1.50. The maximum atomic E-state index is 11.6. The van der Waals surface area contributed by atoms with Gasteiger partial charge in [0.2, 0.25) is 0 Å². The predicted molar refractivity (Wildman–Crippen MR) is 69.5 cm³/mol. The smallest absolute Gasteiger partial charge is 0.176 e. The number of halogens is 1. The Bertz CT molecular complexity index is 519. The van der Waals surface area contributed by atoms with E-state index in [1.54, 1.807) is 17.9 Å². The number of ketones is 1. The van der Waals surface area contributed by atoms with Gasteiger partial charge < -0.3 is 5.32 Å². The van der Waals surface area contributed by atoms with Gasteiger partial charge in [-0.25, -0.2) is 4.68 Å². The van der Waals surface area contributed by atoms with Crippen molar-refractivity contribution in [3.63, 3.8) is 0 Å². The van der Waals surface area contributed by atoms with Crippen molar-refractivity contribution in [2.24, 2.45) is 0 Å². The van der Waals surface area contributed by atoms with Gasteiger partial charge in [0.15, 0.2) is 5.78 Å². The largest absolute Gasteiger partial charge is 0.313 e. The molecule has 0 radical (unpaired) electrons. The van der Waals surface area contributed by atoms with Crippen LogP contribution in [-0.2, 0) is 0 Å². The summed E-state index contributed by atoms with van der Waals surface area (Å²) in [5, 5.41) is 7.01. The molecule has 0 amide bonds. The Morgan fingerprint density at radius 2 is 2.12 bits per heavy atom. The molecule has 17 heavy (non-hydrogen) atoms. The lowest BCUT2D eigenvalue weighted by Crippen LogP contribution is -2.18. The second kappa shape index (κ2) is 5.25. The van der Waals surface area contributed by atoms with E-state index in [-0.39, 0.29) is 5.78 Å². The number of benzene rings is 1. The summed E-state index contributed by atoms with van der Waals surface area (Å²) in [5.74, 6) is 0.0840. The molecule has 0 aliphatic rings. The Hall–Kier alpha value is -1.46. The van der Waals surface area contributed by atoms with Crippen molar-refractivity contribution in [3.05, 3.63) is 46.7 Å². The van der Waals surface area contributed by atoms with Crippen LogP contribution in [-0.4, -0.2) is 29.2 Å². The van der Waals surface area contributed by atoms with E-state index in [0.717, 1.165) is 10.2 Å². The highest BCUT2D eigenvalue weighted by atomic mass is 79.9. The van der Waals surface area contributed by atoms with Crippen LogP contribution in [0.2, 0.25) is 0 Å². The molecule has 0 saturated carbocycles. The van der Waals surface area contributed by atoms with Gasteiger partial charge in [0.1, 0.15) is 0 Å². The Morgan fingerprint density at radius 3 is 2.65 bits per heavy atom. The normalized spacial score (nSPS) is 10.5. The van der Waals surface area contributed by atoms with Gasteiger partial charge in [-0.05, 0) is 47.2 Å². The zero-order valence-corrected chi connectivity index (χ0v) is 10.9. The number of Topliss-reactive ketones (excluding diaryl/α,β-unsaturated/α-hetero) is 1. The first-order valence-corrected chi connectivity index (χ1v) is 5.98. The zero-order chi connectivity index (χ0) is 12.3. The molecule has 0 fully saturated rings. The molecule has 88 valence electrons. The first-order chi connectivity index (χ1) is 8.20. The predicted octanol–water partition coefficient (Wildman–Crippen LogP) is 2.04. The molecule has 1 N–H and O–H groups in total. The lowest BCUT2D eigenvalue weighted by atomic mass is 10.1. The van der Waals surface area contributed by atoms with Crippen molar-refractivity contribution in [3.8, 4) is 5.69 Å². The molecule has 4 nitrogen and oxygen atoms in total. The summed E-state index contributed by atoms with van der Waals surface area (Å²) in [6.45, 7) is 0.354. The van der Waals surface area contributed by atoms with Gasteiger partial charge in [0.05, 0.1) is 22.9 Å². The highest BCUT2D eigenvalue weighted by Crippen LogP contribution is 2.13. The zero-order valence-electron chi connectivity index (χ0n) is 9.35. The summed E-state index contributed by atoms with van der Waals surface area (Å²) in [5.41, 5.74) is 1.63. The van der Waals surface area contributed by atoms with Crippen molar-refractivity contribution < 1.29 is 4.79 Å². The Balaban J connectivity index is 2.21. The van der Waals surface area contributed by atoms with Crippen LogP contribution in [0.15, 0.2) is 41.1 Å². The van der Waals surface area contributed by atoms with Crippen LogP contribution in [0.4, 0.5) is 0 Å². The van der Waals surface area contributed by atoms with Crippen LogP contribution in [0.5, 0.6) is 0 Å². The molecule has 1 aromatic carbocycles. The van der Waals surface area contributed by atoms with Crippen LogP contribution < -0.4 is 5.32 Å². The molecule has 1 aromatic heterocycles. The highest BCUT2D eigenvalue weighted by Gasteiger charge is 2.05. The molecule has 0 aliphatic carbocycles. The van der Waals surface area contributed by atoms with Crippen molar-refractivity contribution in [1.29, 1.82) is 0 Å². The molecule has 2 rings (SSSR count). The quantitative estimate of drug-likeness (QED) is 0.878. The Kier molecular flexibility index (Phi) is 3.71. The molecule has 5 heteroatoms. The van der Waals surface area contributed by atoms with E-state index in [4.69, 9.17) is 0 Å². The summed E-state index contributed by atoms with van der Waals surface area (Å²) in [4.78, 5) is 11.6. The maximum absolute atomic E-state index is 11.6. The van der Waals surface area contributed by atoms with E-state index < -0.39 is 0 Å². The van der Waals surface area contributed by atoms with Crippen LogP contribution in [0.25, 0.3) is 5.69 Å². The van der Waals surface area contributed by atoms with E-state index in [1.165, 1.54) is 0 Å². The molecule has 1 heterocycles. The molecule has 0 unspecified atom stereocenters. The fraction of sp³-hybridized carbons (Fsp3) is 0.167. The topological polar surface area (TPSA) is 46.9 Å². The molecular formula is C12H12BrN3O. The lowest BCUT2D eigenvalue weighted by molar-refractivity contribution is 0.0993. The second-order valence-corrected chi connectivity index (χ2v) is 4.52. The minimum atomic E-state index is 0.0840. The van der Waals surface area contributed by atoms with Crippen LogP contribution in [0.3, 0.4) is 0 Å². The van der Waals surface area contributed by atoms with Gasteiger partial charge in [0.25, 0.3) is 0 Å². The number of aromatic nitrogens is 2. The third kappa shape index (κ3) is 2.81. The molecule has 0 aliphatic heterocycles. The summed E-state index contributed by atoms with van der Waals surface area (Å²) in [7, 11) is 1.76. The number of carbonyl (C=O) groups is 1. The number of carbonyl (C=O) groups excluding carboxylic acids is 1. The summed E-state index contributed by atoms with van der Waals surface area (Å²) in [6, 6.07) is 7.37. The van der Waals surface area contributed by atoms with Crippen molar-refractivity contribution >= 4 is 21.7 Å². The Morgan fingerprint density at radius 1 is 1.41 bits per heavy atom. The van der Waals surface area contributed by atoms with Gasteiger partial charge in [-0.1, -0.05) is 0 Å². The third-order valence-electron chi connectivity index (χ3n) is 2.34. The second-order valence-electron chi connectivity index (χ2n) is 3.60. The molecular weight excluding hydrogens is 282 g/mol.